The lowest BCUT2D eigenvalue weighted by Gasteiger charge is -1.95. The van der Waals surface area contributed by atoms with Crippen molar-refractivity contribution < 1.29 is 4.79 Å². The highest BCUT2D eigenvalue weighted by molar-refractivity contribution is 6.30. The van der Waals surface area contributed by atoms with E-state index in [2.05, 4.69) is 10.2 Å². The molecule has 13 heavy (non-hydrogen) atoms. The molecule has 2 aromatic rings. The number of Topliss-reactive ketones (excluding diaryl/α,β-unsaturated/α-hetero) is 1. The van der Waals surface area contributed by atoms with Crippen LogP contribution in [-0.4, -0.2) is 21.9 Å². The van der Waals surface area contributed by atoms with Crippen molar-refractivity contribution in [2.45, 2.75) is 0 Å². The summed E-state index contributed by atoms with van der Waals surface area (Å²) in [7, 11) is 0. The van der Waals surface area contributed by atoms with Gasteiger partial charge in [0, 0.05) is 10.9 Å². The van der Waals surface area contributed by atoms with E-state index in [1.165, 1.54) is 0 Å². The van der Waals surface area contributed by atoms with E-state index >= 15 is 0 Å². The molecule has 0 bridgehead atoms. The Kier molecular flexibility index (Phi) is 2.02. The van der Waals surface area contributed by atoms with Crippen LogP contribution in [0.25, 0.3) is 10.9 Å². The normalized spacial score (nSPS) is 10.5. The van der Waals surface area contributed by atoms with Gasteiger partial charge in [-0.05, 0) is 18.2 Å². The predicted molar refractivity (Wildman–Crippen MR) is 51.1 cm³/mol. The summed E-state index contributed by atoms with van der Waals surface area (Å²) in [5, 5.41) is 7.59. The van der Waals surface area contributed by atoms with Crippen LogP contribution in [-0.2, 0) is 0 Å². The summed E-state index contributed by atoms with van der Waals surface area (Å²) in [6.45, 7) is 0. The number of fused-ring (bicyclic) bond motifs is 1. The van der Waals surface area contributed by atoms with Gasteiger partial charge in [-0.15, -0.1) is 11.6 Å². The first-order valence-corrected chi connectivity index (χ1v) is 4.37. The van der Waals surface area contributed by atoms with Crippen molar-refractivity contribution in [2.24, 2.45) is 0 Å². The van der Waals surface area contributed by atoms with Gasteiger partial charge in [-0.25, -0.2) is 0 Å². The minimum absolute atomic E-state index is 0.0172. The summed E-state index contributed by atoms with van der Waals surface area (Å²) in [5.41, 5.74) is 1.55. The van der Waals surface area contributed by atoms with Crippen LogP contribution in [0.15, 0.2) is 24.4 Å². The highest BCUT2D eigenvalue weighted by atomic mass is 35.5. The van der Waals surface area contributed by atoms with E-state index in [0.717, 1.165) is 10.9 Å². The minimum atomic E-state index is -0.0650. The number of alkyl halides is 1. The Balaban J connectivity index is 2.54. The fourth-order valence-corrected chi connectivity index (χ4v) is 1.35. The van der Waals surface area contributed by atoms with Gasteiger partial charge in [0.1, 0.15) is 0 Å². The van der Waals surface area contributed by atoms with Gasteiger partial charge in [-0.1, -0.05) is 0 Å². The van der Waals surface area contributed by atoms with Gasteiger partial charge in [0.25, 0.3) is 0 Å². The Hall–Kier alpha value is -1.35. The average molecular weight is 195 g/mol. The van der Waals surface area contributed by atoms with Crippen LogP contribution in [0.2, 0.25) is 0 Å². The topological polar surface area (TPSA) is 45.8 Å². The predicted octanol–water partition coefficient (Wildman–Crippen LogP) is 1.98. The molecular formula is C9H7ClN2O. The summed E-state index contributed by atoms with van der Waals surface area (Å²) < 4.78 is 0. The van der Waals surface area contributed by atoms with Crippen molar-refractivity contribution >= 4 is 28.3 Å². The monoisotopic (exact) mass is 194 g/mol. The Morgan fingerprint density at radius 1 is 1.54 bits per heavy atom. The minimum Gasteiger partial charge on any atom is -0.293 e. The Morgan fingerprint density at radius 3 is 3.15 bits per heavy atom. The molecule has 0 aliphatic carbocycles. The smallest absolute Gasteiger partial charge is 0.177 e. The molecule has 0 saturated carbocycles. The van der Waals surface area contributed by atoms with Crippen molar-refractivity contribution in [2.75, 3.05) is 5.88 Å². The van der Waals surface area contributed by atoms with Gasteiger partial charge >= 0.3 is 0 Å². The molecule has 1 aromatic heterocycles. The van der Waals surface area contributed by atoms with E-state index in [9.17, 15) is 4.79 Å². The van der Waals surface area contributed by atoms with Crippen LogP contribution in [0.3, 0.4) is 0 Å². The molecule has 0 aliphatic heterocycles. The summed E-state index contributed by atoms with van der Waals surface area (Å²) in [6, 6.07) is 5.34. The molecule has 0 aliphatic rings. The van der Waals surface area contributed by atoms with Crippen molar-refractivity contribution in [1.29, 1.82) is 0 Å². The zero-order valence-corrected chi connectivity index (χ0v) is 7.51. The molecule has 4 heteroatoms. The molecule has 0 atom stereocenters. The van der Waals surface area contributed by atoms with Crippen molar-refractivity contribution in [3.63, 3.8) is 0 Å². The highest BCUT2D eigenvalue weighted by Gasteiger charge is 2.04. The first-order chi connectivity index (χ1) is 6.31. The Labute approximate surface area is 79.7 Å². The SMILES string of the molecule is O=C(CCl)c1ccc2[nH]ncc2c1. The second kappa shape index (κ2) is 3.18. The number of hydrogen-bond donors (Lipinski definition) is 1. The zero-order valence-electron chi connectivity index (χ0n) is 6.75. The number of nitrogens with one attached hydrogen (secondary N) is 1. The molecule has 2 rings (SSSR count). The van der Waals surface area contributed by atoms with E-state index in [1.54, 1.807) is 18.3 Å². The fraction of sp³-hybridized carbons (Fsp3) is 0.111. The van der Waals surface area contributed by atoms with E-state index in [-0.39, 0.29) is 11.7 Å². The summed E-state index contributed by atoms with van der Waals surface area (Å²) in [6.07, 6.45) is 1.68. The maximum Gasteiger partial charge on any atom is 0.177 e. The zero-order chi connectivity index (χ0) is 9.26. The van der Waals surface area contributed by atoms with Crippen molar-refractivity contribution in [1.82, 2.24) is 10.2 Å². The molecule has 0 spiro atoms. The number of carbonyl (C=O) groups is 1. The molecule has 0 saturated heterocycles. The van der Waals surface area contributed by atoms with Crippen molar-refractivity contribution in [3.05, 3.63) is 30.0 Å². The largest absolute Gasteiger partial charge is 0.293 e. The lowest BCUT2D eigenvalue weighted by molar-refractivity contribution is 0.102. The van der Waals surface area contributed by atoms with Gasteiger partial charge < -0.3 is 0 Å². The third-order valence-corrected chi connectivity index (χ3v) is 2.13. The van der Waals surface area contributed by atoms with Gasteiger partial charge in [-0.3, -0.25) is 9.89 Å². The van der Waals surface area contributed by atoms with E-state index in [0.29, 0.717) is 5.56 Å². The number of hydrogen-bond acceptors (Lipinski definition) is 2. The average Bonchev–Trinajstić information content (AvgIpc) is 2.63. The van der Waals surface area contributed by atoms with Crippen LogP contribution in [0.1, 0.15) is 10.4 Å². The maximum atomic E-state index is 11.2. The molecule has 1 heterocycles. The number of H-pyrrole nitrogens is 1. The van der Waals surface area contributed by atoms with Crippen LogP contribution in [0.4, 0.5) is 0 Å². The van der Waals surface area contributed by atoms with Crippen LogP contribution < -0.4 is 0 Å². The van der Waals surface area contributed by atoms with Crippen LogP contribution in [0.5, 0.6) is 0 Å². The van der Waals surface area contributed by atoms with E-state index < -0.39 is 0 Å². The number of rotatable bonds is 2. The van der Waals surface area contributed by atoms with Gasteiger partial charge in [-0.2, -0.15) is 5.10 Å². The van der Waals surface area contributed by atoms with Crippen molar-refractivity contribution in [3.8, 4) is 0 Å². The van der Waals surface area contributed by atoms with E-state index in [4.69, 9.17) is 11.6 Å². The molecule has 1 aromatic carbocycles. The first-order valence-electron chi connectivity index (χ1n) is 3.83. The first kappa shape index (κ1) is 8.26. The number of aromatic amines is 1. The Morgan fingerprint density at radius 2 is 2.38 bits per heavy atom. The molecule has 3 nitrogen and oxygen atoms in total. The summed E-state index contributed by atoms with van der Waals surface area (Å²) in [5.74, 6) is -0.0478. The third kappa shape index (κ3) is 1.42. The lowest BCUT2D eigenvalue weighted by atomic mass is 10.1. The lowest BCUT2D eigenvalue weighted by Crippen LogP contribution is -1.99. The molecule has 0 unspecified atom stereocenters. The molecule has 0 fully saturated rings. The number of ketones is 1. The van der Waals surface area contributed by atoms with Gasteiger partial charge in [0.2, 0.25) is 0 Å². The number of nitrogens with zero attached hydrogens (tertiary/aromatic N) is 1. The fourth-order valence-electron chi connectivity index (χ4n) is 1.19. The number of carbonyl (C=O) groups excluding carboxylic acids is 1. The van der Waals surface area contributed by atoms with Gasteiger partial charge in [0.05, 0.1) is 17.6 Å². The molecule has 1 N–H and O–H groups in total. The number of halogens is 1. The Bertz CT molecular complexity index is 450. The van der Waals surface area contributed by atoms with Crippen LogP contribution >= 0.6 is 11.6 Å². The standard InChI is InChI=1S/C9H7ClN2O/c10-4-9(13)6-1-2-8-7(3-6)5-11-12-8/h1-3,5H,4H2,(H,11,12). The van der Waals surface area contributed by atoms with Gasteiger partial charge in [0.15, 0.2) is 5.78 Å². The maximum absolute atomic E-state index is 11.2. The summed E-state index contributed by atoms with van der Waals surface area (Å²) in [4.78, 5) is 11.2. The van der Waals surface area contributed by atoms with Crippen LogP contribution in [0, 0.1) is 0 Å². The molecule has 0 amide bonds. The molecule has 66 valence electrons. The molecule has 0 radical (unpaired) electrons. The number of benzene rings is 1. The third-order valence-electron chi connectivity index (χ3n) is 1.88. The number of aromatic nitrogens is 2. The van der Waals surface area contributed by atoms with E-state index in [1.807, 2.05) is 6.07 Å². The highest BCUT2D eigenvalue weighted by Crippen LogP contribution is 2.13. The second-order valence-corrected chi connectivity index (χ2v) is 3.00. The summed E-state index contributed by atoms with van der Waals surface area (Å²) >= 11 is 5.44. The molecular weight excluding hydrogens is 188 g/mol. The quantitative estimate of drug-likeness (QED) is 0.587. The second-order valence-electron chi connectivity index (χ2n) is 2.73.